The molecule has 0 rings (SSSR count). The fourth-order valence-electron chi connectivity index (χ4n) is 6.91. The molecule has 0 aliphatic rings. The largest absolute Gasteiger partial charge is 0.462 e. The number of allylic oxidation sites excluding steroid dienone is 28. The lowest BCUT2D eigenvalue weighted by atomic mass is 10.1. The van der Waals surface area contributed by atoms with E-state index in [1.165, 1.54) is 51.4 Å². The van der Waals surface area contributed by atoms with Crippen molar-refractivity contribution in [1.29, 1.82) is 0 Å². The Hall–Kier alpha value is -5.23. The molecule has 0 amide bonds. The van der Waals surface area contributed by atoms with Crippen LogP contribution in [-0.4, -0.2) is 37.2 Å². The molecule has 406 valence electrons. The highest BCUT2D eigenvalue weighted by Gasteiger charge is 2.19. The van der Waals surface area contributed by atoms with Crippen LogP contribution in [-0.2, 0) is 28.6 Å². The molecule has 0 aromatic heterocycles. The van der Waals surface area contributed by atoms with Crippen LogP contribution in [0.4, 0.5) is 0 Å². The summed E-state index contributed by atoms with van der Waals surface area (Å²) in [6.07, 6.45) is 87.8. The van der Waals surface area contributed by atoms with E-state index in [0.717, 1.165) is 109 Å². The molecule has 0 aromatic carbocycles. The molecule has 0 fully saturated rings. The third-order valence-corrected chi connectivity index (χ3v) is 11.2. The molecular weight excluding hydrogens is 901 g/mol. The second-order valence-electron chi connectivity index (χ2n) is 18.1. The normalized spacial score (nSPS) is 13.4. The summed E-state index contributed by atoms with van der Waals surface area (Å²) in [6, 6.07) is 0. The number of hydrogen-bond donors (Lipinski definition) is 0. The van der Waals surface area contributed by atoms with Gasteiger partial charge in [-0.3, -0.25) is 14.4 Å². The first kappa shape index (κ1) is 67.8. The van der Waals surface area contributed by atoms with E-state index in [0.29, 0.717) is 12.8 Å². The average molecular weight is 1000 g/mol. The number of unbranched alkanes of at least 4 members (excludes halogenated alkanes) is 10. The molecule has 0 aliphatic heterocycles. The quantitative estimate of drug-likeness (QED) is 0.0261. The maximum atomic E-state index is 12.8. The van der Waals surface area contributed by atoms with E-state index < -0.39 is 12.1 Å². The van der Waals surface area contributed by atoms with Crippen molar-refractivity contribution in [3.05, 3.63) is 170 Å². The maximum Gasteiger partial charge on any atom is 0.306 e. The van der Waals surface area contributed by atoms with Crippen LogP contribution in [0.15, 0.2) is 170 Å². The van der Waals surface area contributed by atoms with Gasteiger partial charge in [-0.1, -0.05) is 223 Å². The van der Waals surface area contributed by atoms with Gasteiger partial charge in [-0.25, -0.2) is 0 Å². The van der Waals surface area contributed by atoms with Crippen molar-refractivity contribution in [2.24, 2.45) is 0 Å². The van der Waals surface area contributed by atoms with Crippen molar-refractivity contribution in [3.8, 4) is 0 Å². The summed E-state index contributed by atoms with van der Waals surface area (Å²) in [7, 11) is 0. The summed E-state index contributed by atoms with van der Waals surface area (Å²) < 4.78 is 16.7. The van der Waals surface area contributed by atoms with Crippen LogP contribution in [0.2, 0.25) is 0 Å². The first-order valence-corrected chi connectivity index (χ1v) is 28.6. The number of hydrogen-bond acceptors (Lipinski definition) is 6. The van der Waals surface area contributed by atoms with Crippen molar-refractivity contribution in [2.45, 2.75) is 219 Å². The second-order valence-corrected chi connectivity index (χ2v) is 18.1. The summed E-state index contributed by atoms with van der Waals surface area (Å²) in [5, 5.41) is 0. The van der Waals surface area contributed by atoms with Crippen LogP contribution in [0.1, 0.15) is 213 Å². The Morgan fingerprint density at radius 2 is 0.575 bits per heavy atom. The van der Waals surface area contributed by atoms with Crippen LogP contribution in [0.3, 0.4) is 0 Å². The molecule has 1 atom stereocenters. The topological polar surface area (TPSA) is 78.9 Å². The molecule has 0 bridgehead atoms. The molecule has 0 spiro atoms. The minimum absolute atomic E-state index is 0.149. The van der Waals surface area contributed by atoms with E-state index in [2.05, 4.69) is 179 Å². The molecule has 6 nitrogen and oxygen atoms in total. The van der Waals surface area contributed by atoms with Crippen LogP contribution in [0.5, 0.6) is 0 Å². The van der Waals surface area contributed by atoms with E-state index in [1.54, 1.807) is 0 Å². The zero-order valence-electron chi connectivity index (χ0n) is 46.3. The Bertz CT molecular complexity index is 1720. The Kier molecular flexibility index (Phi) is 55.1. The molecule has 0 saturated carbocycles. The van der Waals surface area contributed by atoms with Crippen molar-refractivity contribution in [2.75, 3.05) is 13.2 Å². The minimum atomic E-state index is -0.861. The van der Waals surface area contributed by atoms with Gasteiger partial charge in [0.1, 0.15) is 13.2 Å². The Labute approximate surface area is 447 Å². The predicted octanol–water partition coefficient (Wildman–Crippen LogP) is 19.5. The number of carbonyl (C=O) groups excluding carboxylic acids is 3. The van der Waals surface area contributed by atoms with E-state index in [9.17, 15) is 14.4 Å². The zero-order valence-corrected chi connectivity index (χ0v) is 46.3. The molecule has 6 heteroatoms. The maximum absolute atomic E-state index is 12.8. The van der Waals surface area contributed by atoms with E-state index in [-0.39, 0.29) is 44.4 Å². The number of carbonyl (C=O) groups is 3. The monoisotopic (exact) mass is 1000 g/mol. The Balaban J connectivity index is 4.68. The van der Waals surface area contributed by atoms with Crippen molar-refractivity contribution >= 4 is 17.9 Å². The molecular formula is C67H102O6. The standard InChI is InChI=1S/C67H102O6/c1-4-7-10-13-16-19-22-25-28-31-33-36-38-41-44-47-50-53-56-59-65(68)71-62-64(73-67(70)61-58-55-52-49-46-43-40-35-30-27-24-21-18-15-12-9-6-3)63-72-66(69)60-57-54-51-48-45-42-39-37-34-32-29-26-23-20-17-14-11-8-5-2/h7,10,16-21,25-30,33-34,36-37,40-45,49,51-52,54,64H,4-6,8-9,11-15,22-24,31-32,35,38-39,46-48,50,53,55-63H2,1-3H3/b10-7-,19-16-,20-17-,21-18-,28-25-,29-26-,30-27-,36-33-,37-34-,43-40-,44-41-,45-42-,52-49-,54-51-/t64-/m1/s1. The first-order chi connectivity index (χ1) is 36.0. The highest BCUT2D eigenvalue weighted by Crippen LogP contribution is 2.10. The lowest BCUT2D eigenvalue weighted by Crippen LogP contribution is -2.30. The van der Waals surface area contributed by atoms with Gasteiger partial charge >= 0.3 is 17.9 Å². The molecule has 0 N–H and O–H groups in total. The number of ether oxygens (including phenoxy) is 3. The predicted molar refractivity (Wildman–Crippen MR) is 315 cm³/mol. The van der Waals surface area contributed by atoms with Gasteiger partial charge in [-0.2, -0.15) is 0 Å². The molecule has 0 unspecified atom stereocenters. The van der Waals surface area contributed by atoms with E-state index >= 15 is 0 Å². The highest BCUT2D eigenvalue weighted by molar-refractivity contribution is 5.71. The van der Waals surface area contributed by atoms with Gasteiger partial charge in [-0.15, -0.1) is 0 Å². The van der Waals surface area contributed by atoms with Crippen molar-refractivity contribution in [3.63, 3.8) is 0 Å². The van der Waals surface area contributed by atoms with Crippen LogP contribution >= 0.6 is 0 Å². The fourth-order valence-corrected chi connectivity index (χ4v) is 6.91. The second kappa shape index (κ2) is 59.3. The summed E-state index contributed by atoms with van der Waals surface area (Å²) in [5.41, 5.74) is 0. The summed E-state index contributed by atoms with van der Waals surface area (Å²) in [4.78, 5) is 38.1. The van der Waals surface area contributed by atoms with Crippen molar-refractivity contribution in [1.82, 2.24) is 0 Å². The number of rotatable bonds is 49. The molecule has 0 heterocycles. The molecule has 0 aliphatic carbocycles. The molecule has 0 saturated heterocycles. The summed E-state index contributed by atoms with van der Waals surface area (Å²) in [5.74, 6) is -1.13. The molecule has 0 radical (unpaired) electrons. The molecule has 73 heavy (non-hydrogen) atoms. The van der Waals surface area contributed by atoms with Gasteiger partial charge in [0.05, 0.1) is 0 Å². The highest BCUT2D eigenvalue weighted by atomic mass is 16.6. The van der Waals surface area contributed by atoms with Crippen LogP contribution < -0.4 is 0 Å². The van der Waals surface area contributed by atoms with Crippen molar-refractivity contribution < 1.29 is 28.6 Å². The van der Waals surface area contributed by atoms with E-state index in [1.807, 2.05) is 12.2 Å². The Morgan fingerprint density at radius 3 is 0.932 bits per heavy atom. The Morgan fingerprint density at radius 1 is 0.288 bits per heavy atom. The molecule has 0 aromatic rings. The number of esters is 3. The van der Waals surface area contributed by atoms with Gasteiger partial charge in [0.2, 0.25) is 0 Å². The van der Waals surface area contributed by atoms with E-state index in [4.69, 9.17) is 14.2 Å². The first-order valence-electron chi connectivity index (χ1n) is 28.6. The summed E-state index contributed by atoms with van der Waals surface area (Å²) in [6.45, 7) is 6.31. The van der Waals surface area contributed by atoms with Crippen LogP contribution in [0.25, 0.3) is 0 Å². The van der Waals surface area contributed by atoms with Gasteiger partial charge < -0.3 is 14.2 Å². The third kappa shape index (κ3) is 57.5. The lowest BCUT2D eigenvalue weighted by molar-refractivity contribution is -0.166. The lowest BCUT2D eigenvalue weighted by Gasteiger charge is -2.18. The average Bonchev–Trinajstić information content (AvgIpc) is 3.39. The van der Waals surface area contributed by atoms with Gasteiger partial charge in [-0.05, 0) is 141 Å². The minimum Gasteiger partial charge on any atom is -0.462 e. The fraction of sp³-hybridized carbons (Fsp3) is 0.537. The third-order valence-electron chi connectivity index (χ3n) is 11.2. The van der Waals surface area contributed by atoms with Gasteiger partial charge in [0.15, 0.2) is 6.10 Å². The smallest absolute Gasteiger partial charge is 0.306 e. The van der Waals surface area contributed by atoms with Gasteiger partial charge in [0, 0.05) is 19.3 Å². The SMILES string of the molecule is CC/C=C\C/C=C\C/C=C\C/C=C\C/C=C\CCCCCC(=O)OC[C@H](COC(=O)CC/C=C\C/C=C\C/C=C\C/C=C\C/C=C\CCCCC)OC(=O)CCC/C=C\C/C=C\C/C=C\C/C=C\CCCCC. The van der Waals surface area contributed by atoms with Gasteiger partial charge in [0.25, 0.3) is 0 Å². The zero-order chi connectivity index (χ0) is 52.9. The van der Waals surface area contributed by atoms with Crippen LogP contribution in [0, 0.1) is 0 Å². The summed E-state index contributed by atoms with van der Waals surface area (Å²) >= 11 is 0.